The number of imidazole rings is 1. The number of carbonyl (C=O) groups excluding carboxylic acids is 3. The molecule has 4 heterocycles. The first-order chi connectivity index (χ1) is 27.4. The van der Waals surface area contributed by atoms with Crippen molar-refractivity contribution in [2.75, 3.05) is 33.8 Å². The van der Waals surface area contributed by atoms with Gasteiger partial charge < -0.3 is 35.6 Å². The Balaban J connectivity index is 1.07. The van der Waals surface area contributed by atoms with Crippen molar-refractivity contribution in [3.8, 4) is 33.5 Å². The van der Waals surface area contributed by atoms with E-state index in [9.17, 15) is 19.2 Å². The molecule has 15 heteroatoms. The summed E-state index contributed by atoms with van der Waals surface area (Å²) in [6.07, 6.45) is 3.75. The number of methoxy groups -OCH3 is 1. The monoisotopic (exact) mass is 778 g/mol. The molecule has 3 atom stereocenters. The van der Waals surface area contributed by atoms with Gasteiger partial charge >= 0.3 is 6.09 Å². The molecule has 0 saturated carbocycles. The van der Waals surface area contributed by atoms with E-state index >= 15 is 8.78 Å². The van der Waals surface area contributed by atoms with Gasteiger partial charge in [0, 0.05) is 46.9 Å². The molecule has 0 bridgehead atoms. The molecule has 6 N–H and O–H groups in total. The molecule has 3 aromatic carbocycles. The van der Waals surface area contributed by atoms with E-state index in [1.165, 1.54) is 25.3 Å². The van der Waals surface area contributed by atoms with E-state index in [4.69, 9.17) is 5.73 Å². The number of benzene rings is 3. The summed E-state index contributed by atoms with van der Waals surface area (Å²) in [6.45, 7) is 2.92. The van der Waals surface area contributed by atoms with Crippen molar-refractivity contribution in [1.29, 1.82) is 0 Å². The van der Waals surface area contributed by atoms with Gasteiger partial charge in [-0.3, -0.25) is 19.7 Å². The Morgan fingerprint density at radius 2 is 1.58 bits per heavy atom. The van der Waals surface area contributed by atoms with Gasteiger partial charge in [-0.25, -0.2) is 9.78 Å². The molecule has 8 rings (SSSR count). The maximum absolute atomic E-state index is 16.4. The molecule has 5 aromatic rings. The molecule has 2 fully saturated rings. The Bertz CT molecular complexity index is 2480. The maximum atomic E-state index is 16.4. The van der Waals surface area contributed by atoms with Gasteiger partial charge in [-0.15, -0.1) is 0 Å². The lowest BCUT2D eigenvalue weighted by Crippen LogP contribution is -2.65. The lowest BCUT2D eigenvalue weighted by atomic mass is 9.97. The van der Waals surface area contributed by atoms with Crippen LogP contribution in [-0.4, -0.2) is 82.1 Å². The van der Waals surface area contributed by atoms with Gasteiger partial charge in [0.05, 0.1) is 43.1 Å². The number of alkyl carbamates (subject to hydrolysis) is 1. The van der Waals surface area contributed by atoms with Gasteiger partial charge in [0.25, 0.3) is 11.8 Å². The third-order valence-electron chi connectivity index (χ3n) is 11.6. The van der Waals surface area contributed by atoms with E-state index in [-0.39, 0.29) is 41.5 Å². The van der Waals surface area contributed by atoms with E-state index in [0.29, 0.717) is 81.9 Å². The summed E-state index contributed by atoms with van der Waals surface area (Å²) in [7, 11) is 2.91. The predicted octanol–water partition coefficient (Wildman–Crippen LogP) is 5.67. The first-order valence-electron chi connectivity index (χ1n) is 19.2. The number of amides is 3. The topological polar surface area (TPSA) is 179 Å². The number of alkyl halides is 2. The minimum Gasteiger partial charge on any atom is -0.453 e. The minimum absolute atomic E-state index is 0.0129. The summed E-state index contributed by atoms with van der Waals surface area (Å²) in [5.41, 5.74) is 8.37. The Kier molecular flexibility index (Phi) is 9.68. The van der Waals surface area contributed by atoms with Gasteiger partial charge in [-0.1, -0.05) is 37.3 Å². The molecule has 2 aromatic heterocycles. The van der Waals surface area contributed by atoms with Crippen molar-refractivity contribution < 1.29 is 27.9 Å². The average molecular weight is 779 g/mol. The van der Waals surface area contributed by atoms with Gasteiger partial charge in [0.1, 0.15) is 5.82 Å². The van der Waals surface area contributed by atoms with Crippen LogP contribution in [0.25, 0.3) is 44.4 Å². The summed E-state index contributed by atoms with van der Waals surface area (Å²) >= 11 is 0. The molecule has 0 spiro atoms. The van der Waals surface area contributed by atoms with Gasteiger partial charge in [-0.2, -0.15) is 8.78 Å². The van der Waals surface area contributed by atoms with Crippen LogP contribution in [0.2, 0.25) is 0 Å². The van der Waals surface area contributed by atoms with E-state index in [0.717, 1.165) is 12.8 Å². The van der Waals surface area contributed by atoms with E-state index in [1.54, 1.807) is 72.4 Å². The Morgan fingerprint density at radius 1 is 0.930 bits per heavy atom. The molecule has 296 valence electrons. The number of aromatic nitrogens is 3. The molecular weight excluding hydrogens is 735 g/mol. The third kappa shape index (κ3) is 6.53. The summed E-state index contributed by atoms with van der Waals surface area (Å²) in [4.78, 5) is 66.3. The number of nitrogens with one attached hydrogen (secondary N) is 4. The highest BCUT2D eigenvalue weighted by atomic mass is 19.3. The van der Waals surface area contributed by atoms with Crippen LogP contribution < -0.4 is 21.8 Å². The number of nitrogens with zero attached hydrogens (tertiary/aromatic N) is 3. The average Bonchev–Trinajstić information content (AvgIpc) is 4.04. The molecule has 57 heavy (non-hydrogen) atoms. The number of likely N-dealkylation sites (tertiary alicyclic amines) is 2. The number of likely N-dealkylation sites (N-methyl/N-ethyl adjacent to an activating group) is 1. The maximum Gasteiger partial charge on any atom is 0.408 e. The highest BCUT2D eigenvalue weighted by molar-refractivity contribution is 5.90. The molecule has 1 aliphatic carbocycles. The number of rotatable bonds is 9. The number of H-pyrrole nitrogens is 2. The number of hydrogen-bond donors (Lipinski definition) is 5. The van der Waals surface area contributed by atoms with Gasteiger partial charge in [-0.05, 0) is 85.7 Å². The normalized spacial score (nSPS) is 19.3. The first kappa shape index (κ1) is 38.0. The number of hydrogen-bond acceptors (Lipinski definition) is 8. The first-order valence-corrected chi connectivity index (χ1v) is 19.2. The molecule has 2 saturated heterocycles. The highest BCUT2D eigenvalue weighted by Gasteiger charge is 2.45. The van der Waals surface area contributed by atoms with Gasteiger partial charge in [0.2, 0.25) is 5.91 Å². The smallest absolute Gasteiger partial charge is 0.408 e. The zero-order chi connectivity index (χ0) is 40.2. The SMILES string of the molecule is CC[C@@](N)(NC(=O)OC)C(=O)N1CCCC1c1cc(=O)c2ccc(-c3ccc4c(c3)C(F)(F)c3cc(-c5cnc([C@@H]6CCCN6C(=O)CNC)[nH]5)ccc3-4)cc2[nH]1. The summed E-state index contributed by atoms with van der Waals surface area (Å²) in [5.74, 6) is -3.17. The molecule has 3 aliphatic rings. The highest BCUT2D eigenvalue weighted by Crippen LogP contribution is 2.53. The van der Waals surface area contributed by atoms with Gasteiger partial charge in [0.15, 0.2) is 11.1 Å². The minimum atomic E-state index is -3.29. The Labute approximate surface area is 327 Å². The second-order valence-corrected chi connectivity index (χ2v) is 15.0. The van der Waals surface area contributed by atoms with E-state index in [2.05, 4.69) is 30.3 Å². The van der Waals surface area contributed by atoms with Crippen LogP contribution in [0.5, 0.6) is 0 Å². The van der Waals surface area contributed by atoms with Crippen LogP contribution in [0.15, 0.2) is 71.7 Å². The van der Waals surface area contributed by atoms with E-state index in [1.807, 2.05) is 0 Å². The molecule has 13 nitrogen and oxygen atoms in total. The second-order valence-electron chi connectivity index (χ2n) is 15.0. The van der Waals surface area contributed by atoms with Crippen LogP contribution in [0.1, 0.15) is 73.8 Å². The number of fused-ring (bicyclic) bond motifs is 4. The molecule has 1 unspecified atom stereocenters. The van der Waals surface area contributed by atoms with Crippen molar-refractivity contribution in [3.05, 3.63) is 99.7 Å². The fourth-order valence-electron chi connectivity index (χ4n) is 8.57. The van der Waals surface area contributed by atoms with Crippen molar-refractivity contribution >= 4 is 28.8 Å². The number of nitrogens with two attached hydrogens (primary N) is 1. The summed E-state index contributed by atoms with van der Waals surface area (Å²) in [6, 6.07) is 15.9. The fraction of sp³-hybridized carbons (Fsp3) is 0.357. The van der Waals surface area contributed by atoms with Crippen LogP contribution in [-0.2, 0) is 20.2 Å². The molecule has 0 radical (unpaired) electrons. The quantitative estimate of drug-likeness (QED) is 0.119. The number of aromatic amines is 2. The standard InChI is InChI=1S/C42H44F2N8O5/c1-4-41(45,50-40(56)57-3)39(55)52-16-5-7-34(52)32-20-36(53)28-14-10-24(19-31(28)48-32)23-9-12-26-27-13-11-25(18-30(27)42(43,44)29(26)17-23)33-21-47-38(49-33)35-8-6-15-51(35)37(54)22-46-2/h9-14,17-21,34-35,46H,4-8,15-16,22,45H2,1-3H3,(H,47,49)(H,48,53)(H,50,56)/t34?,35-,41+/m0/s1. The van der Waals surface area contributed by atoms with Crippen LogP contribution >= 0.6 is 0 Å². The molecular formula is C42H44F2N8O5. The fourth-order valence-corrected chi connectivity index (χ4v) is 8.57. The Morgan fingerprint density at radius 3 is 2.28 bits per heavy atom. The lowest BCUT2D eigenvalue weighted by molar-refractivity contribution is -0.139. The van der Waals surface area contributed by atoms with Crippen LogP contribution in [0.4, 0.5) is 13.6 Å². The molecule has 3 amide bonds. The number of halogens is 2. The Hall–Kier alpha value is -5.93. The summed E-state index contributed by atoms with van der Waals surface area (Å²) in [5, 5.41) is 5.76. The van der Waals surface area contributed by atoms with Crippen molar-refractivity contribution in [2.45, 2.75) is 62.7 Å². The zero-order valence-corrected chi connectivity index (χ0v) is 31.9. The van der Waals surface area contributed by atoms with Crippen LogP contribution in [0.3, 0.4) is 0 Å². The lowest BCUT2D eigenvalue weighted by Gasteiger charge is -2.34. The zero-order valence-electron chi connectivity index (χ0n) is 31.9. The largest absolute Gasteiger partial charge is 0.453 e. The number of carbonyl (C=O) groups is 3. The third-order valence-corrected chi connectivity index (χ3v) is 11.6. The number of pyridine rings is 1. The second kappa shape index (κ2) is 14.5. The van der Waals surface area contributed by atoms with Crippen molar-refractivity contribution in [3.63, 3.8) is 0 Å². The van der Waals surface area contributed by atoms with E-state index < -0.39 is 29.6 Å². The van der Waals surface area contributed by atoms with Crippen molar-refractivity contribution in [2.24, 2.45) is 5.73 Å². The van der Waals surface area contributed by atoms with Crippen LogP contribution in [0, 0.1) is 0 Å². The van der Waals surface area contributed by atoms with Crippen molar-refractivity contribution in [1.82, 2.24) is 35.4 Å². The predicted molar refractivity (Wildman–Crippen MR) is 210 cm³/mol. The molecule has 2 aliphatic heterocycles. The summed E-state index contributed by atoms with van der Waals surface area (Å²) < 4.78 is 37.5. The number of ether oxygens (including phenoxy) is 1.